The van der Waals surface area contributed by atoms with Gasteiger partial charge in [0.1, 0.15) is 27.3 Å². The molecule has 0 unspecified atom stereocenters. The van der Waals surface area contributed by atoms with Crippen molar-refractivity contribution in [3.8, 4) is 0 Å². The maximum Gasteiger partial charge on any atom is 0.149 e. The average Bonchev–Trinajstić information content (AvgIpc) is 2.27. The Bertz CT molecular complexity index is 488. The number of sulfone groups is 1. The van der Waals surface area contributed by atoms with Gasteiger partial charge in [-0.05, 0) is 6.42 Å². The van der Waals surface area contributed by atoms with E-state index in [1.165, 1.54) is 6.26 Å². The Morgan fingerprint density at radius 2 is 1.94 bits per heavy atom. The number of aromatic nitrogens is 2. The highest BCUT2D eigenvalue weighted by molar-refractivity contribution is 7.90. The predicted octanol–water partition coefficient (Wildman–Crippen LogP) is 0.927. The van der Waals surface area contributed by atoms with E-state index in [4.69, 9.17) is 0 Å². The molecule has 2 N–H and O–H groups in total. The number of aryl methyl sites for hydroxylation is 1. The Morgan fingerprint density at radius 1 is 1.28 bits per heavy atom. The monoisotopic (exact) mass is 272 g/mol. The third kappa shape index (κ3) is 5.31. The fraction of sp³-hybridized carbons (Fsp3) is 0.636. The van der Waals surface area contributed by atoms with Gasteiger partial charge < -0.3 is 10.6 Å². The molecule has 0 aromatic carbocycles. The lowest BCUT2D eigenvalue weighted by atomic mass is 10.3. The minimum atomic E-state index is -2.95. The summed E-state index contributed by atoms with van der Waals surface area (Å²) < 4.78 is 22.1. The summed E-state index contributed by atoms with van der Waals surface area (Å²) >= 11 is 0. The predicted molar refractivity (Wildman–Crippen MR) is 73.8 cm³/mol. The van der Waals surface area contributed by atoms with Crippen LogP contribution in [-0.4, -0.2) is 44.0 Å². The molecule has 0 saturated carbocycles. The van der Waals surface area contributed by atoms with E-state index in [1.54, 1.807) is 13.1 Å². The highest BCUT2D eigenvalue weighted by atomic mass is 32.2. The summed E-state index contributed by atoms with van der Waals surface area (Å²) in [5, 5.41) is 5.97. The second-order valence-corrected chi connectivity index (χ2v) is 6.37. The molecule has 0 spiro atoms. The molecule has 0 fully saturated rings. The largest absolute Gasteiger partial charge is 0.373 e. The average molecular weight is 272 g/mol. The standard InChI is InChI=1S/C11H20N4O2S/c1-4-5-9-14-10(12-2)8-11(15-9)13-6-7-18(3,16)17/h8H,4-7H2,1-3H3,(H2,12,13,14,15). The quantitative estimate of drug-likeness (QED) is 0.768. The summed E-state index contributed by atoms with van der Waals surface area (Å²) in [4.78, 5) is 8.65. The van der Waals surface area contributed by atoms with E-state index in [0.717, 1.165) is 24.5 Å². The smallest absolute Gasteiger partial charge is 0.149 e. The van der Waals surface area contributed by atoms with Crippen LogP contribution in [0.5, 0.6) is 0 Å². The Hall–Kier alpha value is -1.37. The highest BCUT2D eigenvalue weighted by Crippen LogP contribution is 2.11. The van der Waals surface area contributed by atoms with Crippen LogP contribution in [0.4, 0.5) is 11.6 Å². The fourth-order valence-electron chi connectivity index (χ4n) is 1.42. The van der Waals surface area contributed by atoms with Crippen LogP contribution >= 0.6 is 0 Å². The van der Waals surface area contributed by atoms with Gasteiger partial charge >= 0.3 is 0 Å². The van der Waals surface area contributed by atoms with Crippen molar-refractivity contribution in [3.05, 3.63) is 11.9 Å². The van der Waals surface area contributed by atoms with Crippen molar-refractivity contribution in [1.82, 2.24) is 9.97 Å². The van der Waals surface area contributed by atoms with Crippen LogP contribution < -0.4 is 10.6 Å². The van der Waals surface area contributed by atoms with Crippen LogP contribution in [0.25, 0.3) is 0 Å². The van der Waals surface area contributed by atoms with E-state index >= 15 is 0 Å². The van der Waals surface area contributed by atoms with Crippen molar-refractivity contribution in [1.29, 1.82) is 0 Å². The van der Waals surface area contributed by atoms with Gasteiger partial charge in [0.25, 0.3) is 0 Å². The molecule has 0 aliphatic carbocycles. The molecule has 0 atom stereocenters. The molecule has 0 radical (unpaired) electrons. The van der Waals surface area contributed by atoms with E-state index in [0.29, 0.717) is 12.4 Å². The normalized spacial score (nSPS) is 11.3. The molecule has 6 nitrogen and oxygen atoms in total. The Balaban J connectivity index is 2.72. The van der Waals surface area contributed by atoms with Gasteiger partial charge in [0.15, 0.2) is 0 Å². The van der Waals surface area contributed by atoms with Crippen molar-refractivity contribution in [2.24, 2.45) is 0 Å². The lowest BCUT2D eigenvalue weighted by Crippen LogP contribution is -2.15. The first-order chi connectivity index (χ1) is 8.44. The van der Waals surface area contributed by atoms with Gasteiger partial charge in [-0.2, -0.15) is 0 Å². The van der Waals surface area contributed by atoms with Gasteiger partial charge in [0.05, 0.1) is 5.75 Å². The number of hydrogen-bond donors (Lipinski definition) is 2. The molecule has 1 rings (SSSR count). The number of rotatable bonds is 7. The number of nitrogens with one attached hydrogen (secondary N) is 2. The van der Waals surface area contributed by atoms with Crippen LogP contribution in [-0.2, 0) is 16.3 Å². The Kier molecular flexibility index (Phi) is 5.33. The molecule has 1 aromatic heterocycles. The second-order valence-electron chi connectivity index (χ2n) is 4.11. The fourth-order valence-corrected chi connectivity index (χ4v) is 1.89. The van der Waals surface area contributed by atoms with Gasteiger partial charge in [0, 0.05) is 32.3 Å². The molecule has 18 heavy (non-hydrogen) atoms. The molecule has 0 aliphatic rings. The van der Waals surface area contributed by atoms with Crippen molar-refractivity contribution < 1.29 is 8.42 Å². The van der Waals surface area contributed by atoms with E-state index in [1.807, 2.05) is 0 Å². The lowest BCUT2D eigenvalue weighted by Gasteiger charge is -2.09. The maximum atomic E-state index is 11.0. The summed E-state index contributed by atoms with van der Waals surface area (Å²) in [6.45, 7) is 2.41. The van der Waals surface area contributed by atoms with Crippen molar-refractivity contribution >= 4 is 21.5 Å². The zero-order chi connectivity index (χ0) is 13.6. The third-order valence-corrected chi connectivity index (χ3v) is 3.23. The SMILES string of the molecule is CCCc1nc(NC)cc(NCCS(C)(=O)=O)n1. The Labute approximate surface area is 108 Å². The van der Waals surface area contributed by atoms with Crippen molar-refractivity contribution in [2.45, 2.75) is 19.8 Å². The van der Waals surface area contributed by atoms with Gasteiger partial charge in [-0.1, -0.05) is 6.92 Å². The Morgan fingerprint density at radius 3 is 2.50 bits per heavy atom. The minimum absolute atomic E-state index is 0.0923. The van der Waals surface area contributed by atoms with Crippen LogP contribution in [0, 0.1) is 0 Å². The number of hydrogen-bond acceptors (Lipinski definition) is 6. The molecular weight excluding hydrogens is 252 g/mol. The van der Waals surface area contributed by atoms with Crippen LogP contribution in [0.15, 0.2) is 6.07 Å². The number of anilines is 2. The molecule has 0 aliphatic heterocycles. The zero-order valence-electron chi connectivity index (χ0n) is 11.0. The summed E-state index contributed by atoms with van der Waals surface area (Å²) in [7, 11) is -1.16. The highest BCUT2D eigenvalue weighted by Gasteiger charge is 2.05. The van der Waals surface area contributed by atoms with E-state index < -0.39 is 9.84 Å². The van der Waals surface area contributed by atoms with E-state index in [2.05, 4.69) is 27.5 Å². The maximum absolute atomic E-state index is 11.0. The van der Waals surface area contributed by atoms with Gasteiger partial charge in [0.2, 0.25) is 0 Å². The molecular formula is C11H20N4O2S. The molecule has 0 saturated heterocycles. The molecule has 102 valence electrons. The molecule has 1 heterocycles. The minimum Gasteiger partial charge on any atom is -0.373 e. The van der Waals surface area contributed by atoms with Gasteiger partial charge in [-0.15, -0.1) is 0 Å². The first-order valence-electron chi connectivity index (χ1n) is 5.92. The van der Waals surface area contributed by atoms with Crippen molar-refractivity contribution in [2.75, 3.05) is 36.2 Å². The molecule has 0 amide bonds. The summed E-state index contributed by atoms with van der Waals surface area (Å²) in [6, 6.07) is 1.77. The molecule has 0 bridgehead atoms. The molecule has 1 aromatic rings. The van der Waals surface area contributed by atoms with Gasteiger partial charge in [-0.25, -0.2) is 18.4 Å². The summed E-state index contributed by atoms with van der Waals surface area (Å²) in [5.74, 6) is 2.23. The first-order valence-corrected chi connectivity index (χ1v) is 7.98. The van der Waals surface area contributed by atoms with Crippen LogP contribution in [0.2, 0.25) is 0 Å². The number of nitrogens with zero attached hydrogens (tertiary/aromatic N) is 2. The van der Waals surface area contributed by atoms with E-state index in [9.17, 15) is 8.42 Å². The molecule has 7 heteroatoms. The summed E-state index contributed by atoms with van der Waals surface area (Å²) in [6.07, 6.45) is 2.99. The van der Waals surface area contributed by atoms with Crippen molar-refractivity contribution in [3.63, 3.8) is 0 Å². The lowest BCUT2D eigenvalue weighted by molar-refractivity contribution is 0.602. The van der Waals surface area contributed by atoms with E-state index in [-0.39, 0.29) is 5.75 Å². The first kappa shape index (κ1) is 14.7. The second kappa shape index (κ2) is 6.53. The zero-order valence-corrected chi connectivity index (χ0v) is 11.8. The third-order valence-electron chi connectivity index (χ3n) is 2.28. The topological polar surface area (TPSA) is 84.0 Å². The summed E-state index contributed by atoms with van der Waals surface area (Å²) in [5.41, 5.74) is 0. The van der Waals surface area contributed by atoms with Crippen LogP contribution in [0.3, 0.4) is 0 Å². The van der Waals surface area contributed by atoms with Gasteiger partial charge in [-0.3, -0.25) is 0 Å². The van der Waals surface area contributed by atoms with Crippen LogP contribution in [0.1, 0.15) is 19.2 Å².